The monoisotopic (exact) mass is 424 g/mol. The van der Waals surface area contributed by atoms with Crippen LogP contribution in [0.4, 0.5) is 0 Å². The number of rotatable bonds is 9. The highest BCUT2D eigenvalue weighted by Gasteiger charge is 2.10. The molecule has 1 unspecified atom stereocenters. The predicted molar refractivity (Wildman–Crippen MR) is 101 cm³/mol. The molecule has 1 aromatic heterocycles. The molecular weight excluding hydrogens is 395 g/mol. The first-order valence-corrected chi connectivity index (χ1v) is 7.39. The number of nitrogens with one attached hydrogen (secondary N) is 2. The van der Waals surface area contributed by atoms with Crippen molar-refractivity contribution in [3.63, 3.8) is 0 Å². The first kappa shape index (κ1) is 21.2. The molecule has 1 aromatic rings. The van der Waals surface area contributed by atoms with Gasteiger partial charge in [0.25, 0.3) is 0 Å². The first-order chi connectivity index (χ1) is 10.2. The van der Waals surface area contributed by atoms with Gasteiger partial charge in [-0.05, 0) is 39.6 Å². The van der Waals surface area contributed by atoms with E-state index in [1.165, 1.54) is 0 Å². The molecular formula is C15H29IN4O2. The van der Waals surface area contributed by atoms with Gasteiger partial charge >= 0.3 is 0 Å². The molecule has 0 amide bonds. The van der Waals surface area contributed by atoms with Gasteiger partial charge in [0.15, 0.2) is 5.96 Å². The van der Waals surface area contributed by atoms with Crippen molar-refractivity contribution in [2.24, 2.45) is 4.99 Å². The largest absolute Gasteiger partial charge is 0.467 e. The highest BCUT2D eigenvalue weighted by molar-refractivity contribution is 14.0. The van der Waals surface area contributed by atoms with Gasteiger partial charge in [0.2, 0.25) is 0 Å². The second-order valence-electron chi connectivity index (χ2n) is 5.06. The normalized spacial score (nSPS) is 12.9. The maximum atomic E-state index is 5.75. The van der Waals surface area contributed by atoms with E-state index in [9.17, 15) is 0 Å². The number of halogens is 1. The summed E-state index contributed by atoms with van der Waals surface area (Å²) >= 11 is 0. The maximum absolute atomic E-state index is 5.75. The van der Waals surface area contributed by atoms with E-state index in [1.54, 1.807) is 13.3 Å². The fourth-order valence-corrected chi connectivity index (χ4v) is 1.90. The molecule has 2 N–H and O–H groups in total. The molecule has 0 aromatic carbocycles. The van der Waals surface area contributed by atoms with Crippen LogP contribution in [0.2, 0.25) is 0 Å². The fraction of sp³-hybridized carbons (Fsp3) is 0.667. The van der Waals surface area contributed by atoms with Gasteiger partial charge in [0.1, 0.15) is 5.76 Å². The Labute approximate surface area is 150 Å². The predicted octanol–water partition coefficient (Wildman–Crippen LogP) is 1.92. The third kappa shape index (κ3) is 9.26. The van der Waals surface area contributed by atoms with E-state index in [4.69, 9.17) is 9.15 Å². The molecule has 0 spiro atoms. The van der Waals surface area contributed by atoms with Gasteiger partial charge in [-0.3, -0.25) is 4.99 Å². The Morgan fingerprint density at radius 3 is 2.73 bits per heavy atom. The van der Waals surface area contributed by atoms with Crippen molar-refractivity contribution in [2.45, 2.75) is 26.0 Å². The van der Waals surface area contributed by atoms with E-state index in [0.717, 1.165) is 37.8 Å². The summed E-state index contributed by atoms with van der Waals surface area (Å²) in [5.41, 5.74) is 0. The molecule has 1 atom stereocenters. The quantitative estimate of drug-likeness (QED) is 0.361. The second kappa shape index (κ2) is 12.7. The number of guanidine groups is 1. The Hall–Kier alpha value is -0.800. The summed E-state index contributed by atoms with van der Waals surface area (Å²) in [4.78, 5) is 6.36. The van der Waals surface area contributed by atoms with Gasteiger partial charge in [-0.1, -0.05) is 0 Å². The van der Waals surface area contributed by atoms with Crippen LogP contribution in [-0.4, -0.2) is 57.8 Å². The average Bonchev–Trinajstić information content (AvgIpc) is 2.97. The summed E-state index contributed by atoms with van der Waals surface area (Å²) in [5, 5.41) is 6.51. The SMILES string of the molecule is CCOC(CCN(C)C)CNC(=NC)NCc1ccco1.I. The van der Waals surface area contributed by atoms with Crippen LogP contribution in [0, 0.1) is 0 Å². The zero-order chi connectivity index (χ0) is 15.5. The Morgan fingerprint density at radius 1 is 1.41 bits per heavy atom. The number of nitrogens with zero attached hydrogens (tertiary/aromatic N) is 2. The molecule has 0 bridgehead atoms. The lowest BCUT2D eigenvalue weighted by Crippen LogP contribution is -2.42. The third-order valence-electron chi connectivity index (χ3n) is 3.03. The summed E-state index contributed by atoms with van der Waals surface area (Å²) in [5.74, 6) is 1.63. The number of ether oxygens (including phenoxy) is 1. The third-order valence-corrected chi connectivity index (χ3v) is 3.03. The van der Waals surface area contributed by atoms with Crippen molar-refractivity contribution < 1.29 is 9.15 Å². The van der Waals surface area contributed by atoms with Crippen molar-refractivity contribution in [3.05, 3.63) is 24.2 Å². The molecule has 0 fully saturated rings. The lowest BCUT2D eigenvalue weighted by Gasteiger charge is -2.21. The summed E-state index contributed by atoms with van der Waals surface area (Å²) in [6.07, 6.45) is 2.84. The molecule has 0 radical (unpaired) electrons. The number of hydrogen-bond donors (Lipinski definition) is 2. The summed E-state index contributed by atoms with van der Waals surface area (Å²) in [6, 6.07) is 3.81. The average molecular weight is 424 g/mol. The van der Waals surface area contributed by atoms with E-state index < -0.39 is 0 Å². The smallest absolute Gasteiger partial charge is 0.191 e. The van der Waals surface area contributed by atoms with Crippen molar-refractivity contribution in [1.82, 2.24) is 15.5 Å². The van der Waals surface area contributed by atoms with Gasteiger partial charge in [0.05, 0.1) is 18.9 Å². The Morgan fingerprint density at radius 2 is 2.18 bits per heavy atom. The molecule has 0 aliphatic carbocycles. The van der Waals surface area contributed by atoms with Gasteiger partial charge in [0, 0.05) is 26.7 Å². The van der Waals surface area contributed by atoms with Crippen molar-refractivity contribution in [3.8, 4) is 0 Å². The van der Waals surface area contributed by atoms with Gasteiger partial charge in [-0.15, -0.1) is 24.0 Å². The van der Waals surface area contributed by atoms with Crippen LogP contribution in [0.1, 0.15) is 19.1 Å². The van der Waals surface area contributed by atoms with Crippen molar-refractivity contribution >= 4 is 29.9 Å². The van der Waals surface area contributed by atoms with Crippen LogP contribution in [0.25, 0.3) is 0 Å². The highest BCUT2D eigenvalue weighted by Crippen LogP contribution is 2.00. The maximum Gasteiger partial charge on any atom is 0.191 e. The highest BCUT2D eigenvalue weighted by atomic mass is 127. The van der Waals surface area contributed by atoms with Crippen LogP contribution in [0.15, 0.2) is 27.8 Å². The number of hydrogen-bond acceptors (Lipinski definition) is 4. The summed E-state index contributed by atoms with van der Waals surface area (Å²) < 4.78 is 11.0. The first-order valence-electron chi connectivity index (χ1n) is 7.39. The fourth-order valence-electron chi connectivity index (χ4n) is 1.90. The van der Waals surface area contributed by atoms with Crippen LogP contribution in [0.5, 0.6) is 0 Å². The van der Waals surface area contributed by atoms with E-state index in [1.807, 2.05) is 19.1 Å². The zero-order valence-corrected chi connectivity index (χ0v) is 16.3. The second-order valence-corrected chi connectivity index (χ2v) is 5.06. The minimum atomic E-state index is 0. The van der Waals surface area contributed by atoms with E-state index in [-0.39, 0.29) is 30.1 Å². The zero-order valence-electron chi connectivity index (χ0n) is 14.0. The van der Waals surface area contributed by atoms with Crippen LogP contribution in [-0.2, 0) is 11.3 Å². The lowest BCUT2D eigenvalue weighted by atomic mass is 10.2. The Bertz CT molecular complexity index is 396. The van der Waals surface area contributed by atoms with E-state index >= 15 is 0 Å². The Kier molecular flexibility index (Phi) is 12.3. The lowest BCUT2D eigenvalue weighted by molar-refractivity contribution is 0.0548. The van der Waals surface area contributed by atoms with Gasteiger partial charge in [-0.2, -0.15) is 0 Å². The molecule has 1 heterocycles. The van der Waals surface area contributed by atoms with Crippen LogP contribution < -0.4 is 10.6 Å². The van der Waals surface area contributed by atoms with Crippen molar-refractivity contribution in [2.75, 3.05) is 40.8 Å². The van der Waals surface area contributed by atoms with Crippen LogP contribution in [0.3, 0.4) is 0 Å². The van der Waals surface area contributed by atoms with E-state index in [2.05, 4.69) is 34.6 Å². The molecule has 6 nitrogen and oxygen atoms in total. The molecule has 128 valence electrons. The van der Waals surface area contributed by atoms with Crippen LogP contribution >= 0.6 is 24.0 Å². The molecule has 1 rings (SSSR count). The molecule has 0 saturated heterocycles. The number of aliphatic imine (C=N–C) groups is 1. The van der Waals surface area contributed by atoms with Crippen molar-refractivity contribution in [1.29, 1.82) is 0 Å². The van der Waals surface area contributed by atoms with E-state index in [0.29, 0.717) is 6.54 Å². The molecule has 22 heavy (non-hydrogen) atoms. The van der Waals surface area contributed by atoms with Gasteiger partial charge in [-0.25, -0.2) is 0 Å². The summed E-state index contributed by atoms with van der Waals surface area (Å²) in [7, 11) is 5.90. The molecule has 7 heteroatoms. The Balaban J connectivity index is 0.00000441. The minimum Gasteiger partial charge on any atom is -0.467 e. The standard InChI is InChI=1S/C15H28N4O2.HI/c1-5-20-14(8-9-19(3)4)12-18-15(16-2)17-11-13-7-6-10-21-13;/h6-7,10,14H,5,8-9,11-12H2,1-4H3,(H2,16,17,18);1H. The number of furan rings is 1. The molecule has 0 aliphatic heterocycles. The molecule has 0 aliphatic rings. The minimum absolute atomic E-state index is 0. The summed E-state index contributed by atoms with van der Waals surface area (Å²) in [6.45, 7) is 5.10. The molecule has 0 saturated carbocycles. The van der Waals surface area contributed by atoms with Gasteiger partial charge < -0.3 is 24.7 Å². The topological polar surface area (TPSA) is 62.0 Å².